The van der Waals surface area contributed by atoms with Crippen molar-refractivity contribution in [1.82, 2.24) is 0 Å². The second kappa shape index (κ2) is 8.92. The molecule has 0 bridgehead atoms. The van der Waals surface area contributed by atoms with Gasteiger partial charge in [0.05, 0.1) is 0 Å². The van der Waals surface area contributed by atoms with Gasteiger partial charge in [0.15, 0.2) is 0 Å². The molecular weight excluding hydrogens is 428 g/mol. The number of phenols is 2. The minimum absolute atomic E-state index is 0.147. The average molecular weight is 463 g/mol. The lowest BCUT2D eigenvalue weighted by Gasteiger charge is -2.49. The fraction of sp³-hybridized carbons (Fsp3) is 0.273. The van der Waals surface area contributed by atoms with Crippen molar-refractivity contribution < 1.29 is 10.2 Å². The molecule has 0 saturated heterocycles. The molecule has 1 aliphatic carbocycles. The first-order valence-corrected chi connectivity index (χ1v) is 12.6. The number of phenolic OH excluding ortho intramolecular Hbond substituents is 2. The van der Waals surface area contributed by atoms with Crippen molar-refractivity contribution in [1.29, 1.82) is 0 Å². The van der Waals surface area contributed by atoms with Crippen molar-refractivity contribution in [3.05, 3.63) is 108 Å². The number of rotatable bonds is 4. The summed E-state index contributed by atoms with van der Waals surface area (Å²) in [6, 6.07) is 32.5. The van der Waals surface area contributed by atoms with Gasteiger partial charge < -0.3 is 10.2 Å². The van der Waals surface area contributed by atoms with Gasteiger partial charge in [0, 0.05) is 16.5 Å². The van der Waals surface area contributed by atoms with E-state index in [0.717, 1.165) is 41.5 Å². The lowest BCUT2D eigenvalue weighted by molar-refractivity contribution is 0.102. The van der Waals surface area contributed by atoms with Crippen LogP contribution in [-0.2, 0) is 5.41 Å². The molecule has 178 valence electrons. The topological polar surface area (TPSA) is 40.5 Å². The first kappa shape index (κ1) is 23.2. The van der Waals surface area contributed by atoms with Crippen LogP contribution in [0.5, 0.6) is 11.5 Å². The van der Waals surface area contributed by atoms with Crippen LogP contribution in [0, 0.1) is 11.3 Å². The highest BCUT2D eigenvalue weighted by Gasteiger charge is 2.46. The Balaban J connectivity index is 1.72. The van der Waals surface area contributed by atoms with Crippen molar-refractivity contribution in [2.75, 3.05) is 0 Å². The van der Waals surface area contributed by atoms with Gasteiger partial charge in [-0.15, -0.1) is 0 Å². The van der Waals surface area contributed by atoms with E-state index in [2.05, 4.69) is 45.0 Å². The molecule has 1 atom stereocenters. The average Bonchev–Trinajstić information content (AvgIpc) is 2.87. The molecule has 1 aliphatic rings. The van der Waals surface area contributed by atoms with E-state index >= 15 is 0 Å². The summed E-state index contributed by atoms with van der Waals surface area (Å²) in [6.07, 6.45) is 3.14. The van der Waals surface area contributed by atoms with Crippen molar-refractivity contribution in [3.63, 3.8) is 0 Å². The highest BCUT2D eigenvalue weighted by Crippen LogP contribution is 2.55. The summed E-state index contributed by atoms with van der Waals surface area (Å²) in [5.74, 6) is 1.22. The number of benzene rings is 4. The standard InChI is InChI=1S/C33H34O2/c1-23-18-19-33(22-32(23,2)3,26-14-16-30(34)28(20-26)24-10-6-4-7-11-24)27-15-17-31(35)29(21-27)25-12-8-5-9-13-25/h4-17,20-21,23,34-35H,18-19,22H2,1-3H3. The van der Waals surface area contributed by atoms with Gasteiger partial charge in [-0.2, -0.15) is 0 Å². The fourth-order valence-electron chi connectivity index (χ4n) is 5.92. The molecule has 35 heavy (non-hydrogen) atoms. The van der Waals surface area contributed by atoms with Crippen LogP contribution in [0.4, 0.5) is 0 Å². The summed E-state index contributed by atoms with van der Waals surface area (Å²) < 4.78 is 0. The second-order valence-electron chi connectivity index (χ2n) is 10.9. The van der Waals surface area contributed by atoms with Gasteiger partial charge in [0.2, 0.25) is 0 Å². The van der Waals surface area contributed by atoms with Crippen molar-refractivity contribution >= 4 is 0 Å². The van der Waals surface area contributed by atoms with E-state index in [9.17, 15) is 10.2 Å². The fourth-order valence-corrected chi connectivity index (χ4v) is 5.92. The van der Waals surface area contributed by atoms with E-state index < -0.39 is 0 Å². The first-order chi connectivity index (χ1) is 16.8. The molecule has 1 unspecified atom stereocenters. The van der Waals surface area contributed by atoms with Crippen LogP contribution in [0.2, 0.25) is 0 Å². The maximum atomic E-state index is 10.8. The Morgan fingerprint density at radius 3 is 1.54 bits per heavy atom. The minimum atomic E-state index is -0.218. The maximum absolute atomic E-state index is 10.8. The third-order valence-electron chi connectivity index (χ3n) is 8.36. The summed E-state index contributed by atoms with van der Waals surface area (Å²) >= 11 is 0. The molecule has 1 fully saturated rings. The molecule has 4 aromatic carbocycles. The predicted molar refractivity (Wildman–Crippen MR) is 145 cm³/mol. The van der Waals surface area contributed by atoms with E-state index in [4.69, 9.17) is 0 Å². The van der Waals surface area contributed by atoms with Crippen molar-refractivity contribution in [3.8, 4) is 33.8 Å². The molecule has 0 aromatic heterocycles. The quantitative estimate of drug-likeness (QED) is 0.319. The Morgan fingerprint density at radius 1 is 0.657 bits per heavy atom. The Labute approximate surface area is 208 Å². The maximum Gasteiger partial charge on any atom is 0.123 e. The summed E-state index contributed by atoms with van der Waals surface area (Å²) in [6.45, 7) is 7.12. The molecule has 0 heterocycles. The Hall–Kier alpha value is -3.52. The number of aromatic hydroxyl groups is 2. The van der Waals surface area contributed by atoms with E-state index in [1.54, 1.807) is 0 Å². The Morgan fingerprint density at radius 2 is 1.11 bits per heavy atom. The van der Waals surface area contributed by atoms with Crippen LogP contribution >= 0.6 is 0 Å². The van der Waals surface area contributed by atoms with Gasteiger partial charge in [-0.1, -0.05) is 93.6 Å². The molecule has 2 heteroatoms. The molecule has 0 aliphatic heterocycles. The number of hydrogen-bond donors (Lipinski definition) is 2. The highest BCUT2D eigenvalue weighted by molar-refractivity contribution is 5.73. The van der Waals surface area contributed by atoms with Crippen LogP contribution in [-0.4, -0.2) is 10.2 Å². The van der Waals surface area contributed by atoms with E-state index in [1.807, 2.05) is 72.8 Å². The van der Waals surface area contributed by atoms with Crippen LogP contribution < -0.4 is 0 Å². The third kappa shape index (κ3) is 4.23. The molecular formula is C33H34O2. The van der Waals surface area contributed by atoms with Gasteiger partial charge in [-0.25, -0.2) is 0 Å². The van der Waals surface area contributed by atoms with Crippen molar-refractivity contribution in [2.24, 2.45) is 11.3 Å². The zero-order valence-corrected chi connectivity index (χ0v) is 20.8. The van der Waals surface area contributed by atoms with E-state index in [0.29, 0.717) is 17.4 Å². The molecule has 4 aromatic rings. The molecule has 5 rings (SSSR count). The highest BCUT2D eigenvalue weighted by atomic mass is 16.3. The largest absolute Gasteiger partial charge is 0.507 e. The van der Waals surface area contributed by atoms with Gasteiger partial charge in [0.25, 0.3) is 0 Å². The van der Waals surface area contributed by atoms with Crippen molar-refractivity contribution in [2.45, 2.75) is 45.4 Å². The summed E-state index contributed by atoms with van der Waals surface area (Å²) in [5, 5.41) is 21.6. The predicted octanol–water partition coefficient (Wildman–Crippen LogP) is 8.56. The summed E-state index contributed by atoms with van der Waals surface area (Å²) in [4.78, 5) is 0. The smallest absolute Gasteiger partial charge is 0.123 e. The normalized spacial score (nSPS) is 18.8. The SMILES string of the molecule is CC1CCC(c2ccc(O)c(-c3ccccc3)c2)(c2ccc(O)c(-c3ccccc3)c2)CC1(C)C. The summed E-state index contributed by atoms with van der Waals surface area (Å²) in [5.41, 5.74) is 6.13. The molecule has 0 radical (unpaired) electrons. The zero-order valence-electron chi connectivity index (χ0n) is 20.8. The van der Waals surface area contributed by atoms with E-state index in [-0.39, 0.29) is 10.8 Å². The van der Waals surface area contributed by atoms with Crippen LogP contribution in [0.25, 0.3) is 22.3 Å². The lowest BCUT2D eigenvalue weighted by atomic mass is 9.54. The molecule has 2 N–H and O–H groups in total. The van der Waals surface area contributed by atoms with Gasteiger partial charge in [-0.3, -0.25) is 0 Å². The van der Waals surface area contributed by atoms with Crippen LogP contribution in [0.15, 0.2) is 97.1 Å². The zero-order chi connectivity index (χ0) is 24.6. The van der Waals surface area contributed by atoms with Crippen LogP contribution in [0.1, 0.15) is 51.2 Å². The Kier molecular flexibility index (Phi) is 5.92. The van der Waals surface area contributed by atoms with Gasteiger partial charge in [-0.05, 0) is 77.1 Å². The molecule has 1 saturated carbocycles. The lowest BCUT2D eigenvalue weighted by Crippen LogP contribution is -2.41. The van der Waals surface area contributed by atoms with Crippen LogP contribution in [0.3, 0.4) is 0 Å². The van der Waals surface area contributed by atoms with Gasteiger partial charge >= 0.3 is 0 Å². The molecule has 0 amide bonds. The molecule has 2 nitrogen and oxygen atoms in total. The number of hydrogen-bond acceptors (Lipinski definition) is 2. The van der Waals surface area contributed by atoms with E-state index in [1.165, 1.54) is 11.1 Å². The second-order valence-corrected chi connectivity index (χ2v) is 10.9. The monoisotopic (exact) mass is 462 g/mol. The van der Waals surface area contributed by atoms with Gasteiger partial charge in [0.1, 0.15) is 11.5 Å². The molecule has 0 spiro atoms. The minimum Gasteiger partial charge on any atom is -0.507 e. The third-order valence-corrected chi connectivity index (χ3v) is 8.36. The first-order valence-electron chi connectivity index (χ1n) is 12.6. The Bertz CT molecular complexity index is 1230. The summed E-state index contributed by atoms with van der Waals surface area (Å²) in [7, 11) is 0.